The molecule has 2 heterocycles. The van der Waals surface area contributed by atoms with Crippen molar-refractivity contribution in [3.8, 4) is 11.4 Å². The monoisotopic (exact) mass is 256 g/mol. The van der Waals surface area contributed by atoms with E-state index in [4.69, 9.17) is 0 Å². The fourth-order valence-electron chi connectivity index (χ4n) is 2.72. The zero-order valence-electron chi connectivity index (χ0n) is 11.1. The first-order valence-corrected chi connectivity index (χ1v) is 7.07. The van der Waals surface area contributed by atoms with Crippen LogP contribution in [0.1, 0.15) is 19.3 Å². The molecule has 4 nitrogen and oxygen atoms in total. The average molecular weight is 256 g/mol. The van der Waals surface area contributed by atoms with Crippen LogP contribution in [0.25, 0.3) is 11.4 Å². The molecule has 1 aromatic carbocycles. The van der Waals surface area contributed by atoms with E-state index in [9.17, 15) is 0 Å². The summed E-state index contributed by atoms with van der Waals surface area (Å²) in [7, 11) is 0. The average Bonchev–Trinajstić information content (AvgIpc) is 2.95. The van der Waals surface area contributed by atoms with Crippen molar-refractivity contribution in [3.05, 3.63) is 36.7 Å². The maximum Gasteiger partial charge on any atom is 0.163 e. The summed E-state index contributed by atoms with van der Waals surface area (Å²) in [6.45, 7) is 3.35. The summed E-state index contributed by atoms with van der Waals surface area (Å²) in [5, 5.41) is 11.7. The number of rotatable bonds is 4. The van der Waals surface area contributed by atoms with Crippen LogP contribution in [0.4, 0.5) is 0 Å². The van der Waals surface area contributed by atoms with Crippen molar-refractivity contribution in [2.45, 2.75) is 25.8 Å². The quantitative estimate of drug-likeness (QED) is 0.913. The number of aryl methyl sites for hydroxylation is 1. The Hall–Kier alpha value is -1.68. The molecule has 0 unspecified atom stereocenters. The molecule has 19 heavy (non-hydrogen) atoms. The number of benzene rings is 1. The highest BCUT2D eigenvalue weighted by Crippen LogP contribution is 2.20. The van der Waals surface area contributed by atoms with Crippen molar-refractivity contribution in [2.24, 2.45) is 5.92 Å². The van der Waals surface area contributed by atoms with Gasteiger partial charge in [-0.15, -0.1) is 10.2 Å². The second-order valence-electron chi connectivity index (χ2n) is 5.20. The minimum atomic E-state index is 0.840. The Labute approximate surface area is 113 Å². The van der Waals surface area contributed by atoms with Gasteiger partial charge in [-0.05, 0) is 38.3 Å². The van der Waals surface area contributed by atoms with Crippen LogP contribution in [0.15, 0.2) is 36.7 Å². The number of hydrogen-bond acceptors (Lipinski definition) is 3. The van der Waals surface area contributed by atoms with Crippen LogP contribution in [0.5, 0.6) is 0 Å². The summed E-state index contributed by atoms with van der Waals surface area (Å²) >= 11 is 0. The molecule has 0 aliphatic carbocycles. The van der Waals surface area contributed by atoms with Gasteiger partial charge in [-0.25, -0.2) is 0 Å². The van der Waals surface area contributed by atoms with Gasteiger partial charge in [-0.1, -0.05) is 30.3 Å². The van der Waals surface area contributed by atoms with Gasteiger partial charge >= 0.3 is 0 Å². The largest absolute Gasteiger partial charge is 0.317 e. The predicted molar refractivity (Wildman–Crippen MR) is 75.7 cm³/mol. The van der Waals surface area contributed by atoms with Crippen molar-refractivity contribution in [2.75, 3.05) is 13.1 Å². The highest BCUT2D eigenvalue weighted by Gasteiger charge is 2.14. The van der Waals surface area contributed by atoms with Crippen molar-refractivity contribution in [3.63, 3.8) is 0 Å². The Morgan fingerprint density at radius 2 is 1.95 bits per heavy atom. The number of nitrogens with one attached hydrogen (secondary N) is 1. The van der Waals surface area contributed by atoms with E-state index >= 15 is 0 Å². The minimum Gasteiger partial charge on any atom is -0.317 e. The Kier molecular flexibility index (Phi) is 3.89. The zero-order valence-corrected chi connectivity index (χ0v) is 11.1. The molecular formula is C15H20N4. The van der Waals surface area contributed by atoms with E-state index in [0.29, 0.717) is 0 Å². The lowest BCUT2D eigenvalue weighted by molar-refractivity contribution is 0.338. The first kappa shape index (κ1) is 12.4. The molecule has 1 aromatic heterocycles. The topological polar surface area (TPSA) is 42.7 Å². The van der Waals surface area contributed by atoms with Crippen molar-refractivity contribution in [1.82, 2.24) is 20.1 Å². The van der Waals surface area contributed by atoms with E-state index in [2.05, 4.69) is 32.2 Å². The van der Waals surface area contributed by atoms with Crippen LogP contribution in [-0.4, -0.2) is 27.9 Å². The zero-order chi connectivity index (χ0) is 12.9. The number of aromatic nitrogens is 3. The maximum absolute atomic E-state index is 4.25. The number of piperidine rings is 1. The van der Waals surface area contributed by atoms with E-state index in [1.54, 1.807) is 0 Å². The smallest absolute Gasteiger partial charge is 0.163 e. The van der Waals surface area contributed by atoms with Crippen LogP contribution in [0.2, 0.25) is 0 Å². The van der Waals surface area contributed by atoms with Crippen molar-refractivity contribution >= 4 is 0 Å². The molecule has 1 aliphatic rings. The molecule has 0 radical (unpaired) electrons. The van der Waals surface area contributed by atoms with Gasteiger partial charge in [0.25, 0.3) is 0 Å². The van der Waals surface area contributed by atoms with Gasteiger partial charge in [0.15, 0.2) is 5.82 Å². The first-order chi connectivity index (χ1) is 9.43. The number of hydrogen-bond donors (Lipinski definition) is 1. The van der Waals surface area contributed by atoms with E-state index in [-0.39, 0.29) is 0 Å². The molecule has 0 amide bonds. The molecule has 1 saturated heterocycles. The van der Waals surface area contributed by atoms with E-state index in [1.165, 1.54) is 32.4 Å². The third-order valence-corrected chi connectivity index (χ3v) is 3.88. The summed E-state index contributed by atoms with van der Waals surface area (Å²) in [6.07, 6.45) is 5.66. The molecule has 4 heteroatoms. The number of nitrogens with zero attached hydrogens (tertiary/aromatic N) is 3. The lowest BCUT2D eigenvalue weighted by atomic mass is 9.95. The Balaban J connectivity index is 1.67. The van der Waals surface area contributed by atoms with Crippen molar-refractivity contribution < 1.29 is 0 Å². The van der Waals surface area contributed by atoms with E-state index in [1.807, 2.05) is 24.5 Å². The molecule has 1 aliphatic heterocycles. The standard InChI is InChI=1S/C15H20N4/c1-2-4-14(5-3-1)15-18-17-12-19(15)11-8-13-6-9-16-10-7-13/h1-5,12-13,16H,6-11H2. The molecular weight excluding hydrogens is 236 g/mol. The first-order valence-electron chi connectivity index (χ1n) is 7.07. The van der Waals surface area contributed by atoms with Gasteiger partial charge in [0, 0.05) is 12.1 Å². The molecule has 100 valence electrons. The summed E-state index contributed by atoms with van der Waals surface area (Å²) in [6, 6.07) is 10.3. The summed E-state index contributed by atoms with van der Waals surface area (Å²) in [4.78, 5) is 0. The molecule has 1 N–H and O–H groups in total. The van der Waals surface area contributed by atoms with Crippen LogP contribution in [-0.2, 0) is 6.54 Å². The minimum absolute atomic E-state index is 0.840. The van der Waals surface area contributed by atoms with Gasteiger partial charge in [-0.3, -0.25) is 0 Å². The van der Waals surface area contributed by atoms with E-state index < -0.39 is 0 Å². The molecule has 2 aromatic rings. The Morgan fingerprint density at radius 3 is 2.74 bits per heavy atom. The third kappa shape index (κ3) is 3.01. The Morgan fingerprint density at radius 1 is 1.16 bits per heavy atom. The van der Waals surface area contributed by atoms with Crippen molar-refractivity contribution in [1.29, 1.82) is 0 Å². The van der Waals surface area contributed by atoms with E-state index in [0.717, 1.165) is 23.9 Å². The lowest BCUT2D eigenvalue weighted by Gasteiger charge is -2.22. The van der Waals surface area contributed by atoms with Crippen LogP contribution in [0, 0.1) is 5.92 Å². The van der Waals surface area contributed by atoms with Gasteiger partial charge in [0.2, 0.25) is 0 Å². The molecule has 0 saturated carbocycles. The SMILES string of the molecule is c1ccc(-c2nncn2CCC2CCNCC2)cc1. The molecule has 0 spiro atoms. The van der Waals surface area contributed by atoms with Crippen LogP contribution < -0.4 is 5.32 Å². The summed E-state index contributed by atoms with van der Waals surface area (Å²) < 4.78 is 2.18. The maximum atomic E-state index is 4.25. The summed E-state index contributed by atoms with van der Waals surface area (Å²) in [5.41, 5.74) is 1.14. The summed E-state index contributed by atoms with van der Waals surface area (Å²) in [5.74, 6) is 1.82. The molecule has 0 bridgehead atoms. The highest BCUT2D eigenvalue weighted by atomic mass is 15.3. The van der Waals surface area contributed by atoms with Gasteiger partial charge in [0.1, 0.15) is 6.33 Å². The fraction of sp³-hybridized carbons (Fsp3) is 0.467. The van der Waals surface area contributed by atoms with Gasteiger partial charge in [0.05, 0.1) is 0 Å². The van der Waals surface area contributed by atoms with Gasteiger partial charge in [-0.2, -0.15) is 0 Å². The van der Waals surface area contributed by atoms with Crippen LogP contribution >= 0.6 is 0 Å². The molecule has 3 rings (SSSR count). The third-order valence-electron chi connectivity index (χ3n) is 3.88. The Bertz CT molecular complexity index is 500. The lowest BCUT2D eigenvalue weighted by Crippen LogP contribution is -2.28. The van der Waals surface area contributed by atoms with Crippen LogP contribution in [0.3, 0.4) is 0 Å². The normalized spacial score (nSPS) is 16.6. The fourth-order valence-corrected chi connectivity index (χ4v) is 2.72. The molecule has 1 fully saturated rings. The molecule has 0 atom stereocenters. The second-order valence-corrected chi connectivity index (χ2v) is 5.20. The second kappa shape index (κ2) is 5.97. The highest BCUT2D eigenvalue weighted by molar-refractivity contribution is 5.54. The van der Waals surface area contributed by atoms with Gasteiger partial charge < -0.3 is 9.88 Å². The predicted octanol–water partition coefficient (Wildman–Crippen LogP) is 2.33.